The standard InChI is InChI=1S/C19H25ClO5/c1-2-18(21)24-13-3-12-23-16-8-4-14(5-9-16)19(22)25-17-10-6-15(20)7-11-17/h2,6-7,10-11,14,16,18,21H,1,3-5,8-9,12-13H2. The van der Waals surface area contributed by atoms with Gasteiger partial charge in [-0.2, -0.15) is 0 Å². The van der Waals surface area contributed by atoms with Gasteiger partial charge in [0.05, 0.1) is 18.6 Å². The van der Waals surface area contributed by atoms with Gasteiger partial charge in [0.2, 0.25) is 0 Å². The van der Waals surface area contributed by atoms with Crippen LogP contribution in [0, 0.1) is 5.92 Å². The first-order valence-corrected chi connectivity index (χ1v) is 8.97. The van der Waals surface area contributed by atoms with Crippen molar-refractivity contribution in [1.29, 1.82) is 0 Å². The summed E-state index contributed by atoms with van der Waals surface area (Å²) in [5, 5.41) is 9.79. The highest BCUT2D eigenvalue weighted by atomic mass is 35.5. The lowest BCUT2D eigenvalue weighted by molar-refractivity contribution is -0.141. The Balaban J connectivity index is 1.61. The molecule has 1 aromatic carbocycles. The lowest BCUT2D eigenvalue weighted by atomic mass is 9.87. The molecule has 0 spiro atoms. The zero-order valence-electron chi connectivity index (χ0n) is 14.2. The van der Waals surface area contributed by atoms with Crippen LogP contribution >= 0.6 is 11.6 Å². The topological polar surface area (TPSA) is 65.0 Å². The maximum atomic E-state index is 12.2. The molecule has 0 aromatic heterocycles. The Kier molecular flexibility index (Phi) is 8.41. The summed E-state index contributed by atoms with van der Waals surface area (Å²) in [5.41, 5.74) is 0. The van der Waals surface area contributed by atoms with Crippen LogP contribution < -0.4 is 4.74 Å². The van der Waals surface area contributed by atoms with E-state index in [0.717, 1.165) is 25.7 Å². The van der Waals surface area contributed by atoms with Gasteiger partial charge in [0, 0.05) is 11.6 Å². The molecule has 1 aromatic rings. The Labute approximate surface area is 153 Å². The van der Waals surface area contributed by atoms with Gasteiger partial charge in [-0.3, -0.25) is 4.79 Å². The second-order valence-corrected chi connectivity index (χ2v) is 6.51. The third-order valence-corrected chi connectivity index (χ3v) is 4.42. The summed E-state index contributed by atoms with van der Waals surface area (Å²) in [4.78, 5) is 12.2. The summed E-state index contributed by atoms with van der Waals surface area (Å²) in [6.45, 7) is 4.44. The van der Waals surface area contributed by atoms with Crippen molar-refractivity contribution in [2.45, 2.75) is 44.5 Å². The van der Waals surface area contributed by atoms with Gasteiger partial charge in [0.15, 0.2) is 6.29 Å². The fourth-order valence-corrected chi connectivity index (χ4v) is 2.87. The molecule has 2 rings (SSSR count). The molecule has 1 aliphatic rings. The van der Waals surface area contributed by atoms with Crippen LogP contribution in [0.5, 0.6) is 5.75 Å². The van der Waals surface area contributed by atoms with Crippen LogP contribution in [0.4, 0.5) is 0 Å². The molecule has 1 atom stereocenters. The minimum absolute atomic E-state index is 0.0819. The second-order valence-electron chi connectivity index (χ2n) is 6.07. The summed E-state index contributed by atoms with van der Waals surface area (Å²) in [7, 11) is 0. The van der Waals surface area contributed by atoms with E-state index >= 15 is 0 Å². The highest BCUT2D eigenvalue weighted by Crippen LogP contribution is 2.28. The average molecular weight is 369 g/mol. The largest absolute Gasteiger partial charge is 0.426 e. The summed E-state index contributed by atoms with van der Waals surface area (Å²) >= 11 is 5.82. The molecule has 1 saturated carbocycles. The molecular formula is C19H25ClO5. The van der Waals surface area contributed by atoms with Crippen molar-refractivity contribution in [3.05, 3.63) is 41.9 Å². The Bertz CT molecular complexity index is 537. The van der Waals surface area contributed by atoms with Crippen LogP contribution in [-0.2, 0) is 14.3 Å². The zero-order chi connectivity index (χ0) is 18.1. The first-order chi connectivity index (χ1) is 12.1. The minimum atomic E-state index is -0.915. The molecule has 0 amide bonds. The monoisotopic (exact) mass is 368 g/mol. The maximum absolute atomic E-state index is 12.2. The van der Waals surface area contributed by atoms with Crippen LogP contribution in [0.25, 0.3) is 0 Å². The van der Waals surface area contributed by atoms with Crippen LogP contribution in [0.1, 0.15) is 32.1 Å². The van der Waals surface area contributed by atoms with Crippen LogP contribution in [0.15, 0.2) is 36.9 Å². The van der Waals surface area contributed by atoms with Crippen LogP contribution in [0.3, 0.4) is 0 Å². The summed E-state index contributed by atoms with van der Waals surface area (Å²) < 4.78 is 16.3. The number of carbonyl (C=O) groups is 1. The number of halogens is 1. The molecule has 0 heterocycles. The zero-order valence-corrected chi connectivity index (χ0v) is 15.0. The van der Waals surface area contributed by atoms with Crippen molar-refractivity contribution in [3.63, 3.8) is 0 Å². The number of ether oxygens (including phenoxy) is 3. The number of esters is 1. The quantitative estimate of drug-likeness (QED) is 0.236. The van der Waals surface area contributed by atoms with E-state index in [4.69, 9.17) is 25.8 Å². The first-order valence-electron chi connectivity index (χ1n) is 8.59. The molecule has 6 heteroatoms. The number of rotatable bonds is 9. The predicted molar refractivity (Wildman–Crippen MR) is 95.6 cm³/mol. The molecule has 5 nitrogen and oxygen atoms in total. The second kappa shape index (κ2) is 10.6. The first kappa shape index (κ1) is 19.9. The van der Waals surface area contributed by atoms with Crippen LogP contribution in [0.2, 0.25) is 5.02 Å². The molecule has 0 bridgehead atoms. The number of carbonyl (C=O) groups excluding carboxylic acids is 1. The number of hydrogen-bond acceptors (Lipinski definition) is 5. The Morgan fingerprint density at radius 2 is 1.92 bits per heavy atom. The van der Waals surface area contributed by atoms with Crippen molar-refractivity contribution in [2.75, 3.05) is 13.2 Å². The van der Waals surface area contributed by atoms with E-state index in [2.05, 4.69) is 6.58 Å². The molecule has 138 valence electrons. The molecule has 25 heavy (non-hydrogen) atoms. The van der Waals surface area contributed by atoms with Gasteiger partial charge >= 0.3 is 5.97 Å². The van der Waals surface area contributed by atoms with Gasteiger partial charge in [-0.15, -0.1) is 0 Å². The van der Waals surface area contributed by atoms with Gasteiger partial charge in [0.1, 0.15) is 5.75 Å². The number of benzene rings is 1. The third-order valence-electron chi connectivity index (χ3n) is 4.17. The molecule has 0 radical (unpaired) electrons. The normalized spacial score (nSPS) is 21.5. The fraction of sp³-hybridized carbons (Fsp3) is 0.526. The van der Waals surface area contributed by atoms with Gasteiger partial charge < -0.3 is 19.3 Å². The minimum Gasteiger partial charge on any atom is -0.426 e. The predicted octanol–water partition coefficient (Wildman–Crippen LogP) is 3.73. The van der Waals surface area contributed by atoms with E-state index in [-0.39, 0.29) is 18.0 Å². The highest BCUT2D eigenvalue weighted by Gasteiger charge is 2.28. The van der Waals surface area contributed by atoms with E-state index in [1.165, 1.54) is 6.08 Å². The number of aliphatic hydroxyl groups is 1. The van der Waals surface area contributed by atoms with Crippen molar-refractivity contribution in [2.24, 2.45) is 5.92 Å². The molecule has 1 unspecified atom stereocenters. The lowest BCUT2D eigenvalue weighted by Gasteiger charge is -2.27. The lowest BCUT2D eigenvalue weighted by Crippen LogP contribution is -2.29. The van der Waals surface area contributed by atoms with Crippen molar-refractivity contribution < 1.29 is 24.1 Å². The van der Waals surface area contributed by atoms with E-state index in [9.17, 15) is 9.90 Å². The maximum Gasteiger partial charge on any atom is 0.314 e. The molecule has 0 saturated heterocycles. The Morgan fingerprint density at radius 3 is 2.56 bits per heavy atom. The molecule has 1 aliphatic carbocycles. The van der Waals surface area contributed by atoms with E-state index in [1.54, 1.807) is 24.3 Å². The van der Waals surface area contributed by atoms with Crippen molar-refractivity contribution >= 4 is 17.6 Å². The summed E-state index contributed by atoms with van der Waals surface area (Å²) in [6, 6.07) is 6.79. The van der Waals surface area contributed by atoms with E-state index in [1.807, 2.05) is 0 Å². The molecule has 1 fully saturated rings. The summed E-state index contributed by atoms with van der Waals surface area (Å²) in [6.07, 6.45) is 4.53. The summed E-state index contributed by atoms with van der Waals surface area (Å²) in [5.74, 6) is 0.253. The van der Waals surface area contributed by atoms with E-state index < -0.39 is 6.29 Å². The SMILES string of the molecule is C=CC(O)OCCCOC1CCC(C(=O)Oc2ccc(Cl)cc2)CC1. The molecule has 0 aliphatic heterocycles. The van der Waals surface area contributed by atoms with Gasteiger partial charge in [-0.05, 0) is 62.4 Å². The third kappa shape index (κ3) is 7.16. The van der Waals surface area contributed by atoms with Gasteiger partial charge in [0.25, 0.3) is 0 Å². The smallest absolute Gasteiger partial charge is 0.314 e. The molecule has 1 N–H and O–H groups in total. The molecular weight excluding hydrogens is 344 g/mol. The van der Waals surface area contributed by atoms with Crippen LogP contribution in [-0.4, -0.2) is 36.7 Å². The van der Waals surface area contributed by atoms with Crippen molar-refractivity contribution in [1.82, 2.24) is 0 Å². The fourth-order valence-electron chi connectivity index (χ4n) is 2.75. The van der Waals surface area contributed by atoms with Gasteiger partial charge in [-0.1, -0.05) is 18.2 Å². The van der Waals surface area contributed by atoms with Crippen molar-refractivity contribution in [3.8, 4) is 5.75 Å². The number of hydrogen-bond donors (Lipinski definition) is 1. The highest BCUT2D eigenvalue weighted by molar-refractivity contribution is 6.30. The Morgan fingerprint density at radius 1 is 1.24 bits per heavy atom. The average Bonchev–Trinajstić information content (AvgIpc) is 2.63. The Hall–Kier alpha value is -1.40. The number of aliphatic hydroxyl groups excluding tert-OH is 1. The van der Waals surface area contributed by atoms with Gasteiger partial charge in [-0.25, -0.2) is 0 Å². The van der Waals surface area contributed by atoms with E-state index in [0.29, 0.717) is 30.4 Å².